The van der Waals surface area contributed by atoms with Crippen LogP contribution in [0.3, 0.4) is 0 Å². The van der Waals surface area contributed by atoms with Crippen LogP contribution in [0.4, 0.5) is 0 Å². The van der Waals surface area contributed by atoms with Crippen molar-refractivity contribution in [2.24, 2.45) is 5.92 Å². The maximum atomic E-state index is 10.8. The van der Waals surface area contributed by atoms with Gasteiger partial charge in [0.1, 0.15) is 5.75 Å². The quantitative estimate of drug-likeness (QED) is 0.743. The molecule has 2 aliphatic rings. The molecule has 2 heterocycles. The van der Waals surface area contributed by atoms with Gasteiger partial charge >= 0.3 is 5.97 Å². The fourth-order valence-corrected chi connectivity index (χ4v) is 5.70. The Morgan fingerprint density at radius 1 is 1.17 bits per heavy atom. The first-order valence-electron chi connectivity index (χ1n) is 10.7. The molecular weight excluding hydrogens is 384 g/mol. The molecule has 0 amide bonds. The number of carbonyl (C=O) groups is 1. The Kier molecular flexibility index (Phi) is 6.20. The zero-order chi connectivity index (χ0) is 20.4. The zero-order valence-electron chi connectivity index (χ0n) is 17.1. The second-order valence-electron chi connectivity index (χ2n) is 8.66. The minimum absolute atomic E-state index is 0.282. The van der Waals surface area contributed by atoms with Crippen molar-refractivity contribution in [1.29, 1.82) is 0 Å². The van der Waals surface area contributed by atoms with Crippen LogP contribution in [0.1, 0.15) is 60.6 Å². The van der Waals surface area contributed by atoms with Crippen molar-refractivity contribution in [3.63, 3.8) is 0 Å². The second-order valence-corrected chi connectivity index (χ2v) is 9.55. The topological polar surface area (TPSA) is 73.7 Å². The van der Waals surface area contributed by atoms with Crippen molar-refractivity contribution in [1.82, 2.24) is 9.88 Å². The molecule has 1 aliphatic heterocycles. The number of carboxylic acids is 1. The Bertz CT molecular complexity index is 871. The highest BCUT2D eigenvalue weighted by molar-refractivity contribution is 7.10. The predicted molar refractivity (Wildman–Crippen MR) is 116 cm³/mol. The van der Waals surface area contributed by atoms with Crippen LogP contribution in [0.2, 0.25) is 0 Å². The van der Waals surface area contributed by atoms with Crippen LogP contribution >= 0.6 is 11.3 Å². The number of rotatable bonds is 5. The molecule has 5 nitrogen and oxygen atoms in total. The molecule has 1 saturated carbocycles. The van der Waals surface area contributed by atoms with E-state index in [0.29, 0.717) is 17.6 Å². The number of carboxylic acid groups (broad SMARTS) is 1. The maximum Gasteiger partial charge on any atom is 0.303 e. The van der Waals surface area contributed by atoms with E-state index in [1.165, 1.54) is 11.1 Å². The van der Waals surface area contributed by atoms with E-state index in [1.807, 2.05) is 6.07 Å². The lowest BCUT2D eigenvalue weighted by molar-refractivity contribution is -0.137. The molecule has 1 aromatic carbocycles. The monoisotopic (exact) mass is 414 g/mol. The molecular formula is C23H30N2O3S. The first kappa shape index (κ1) is 20.4. The number of nitrogens with zero attached hydrogens (tertiary/aromatic N) is 2. The third-order valence-corrected chi connectivity index (χ3v) is 7.61. The molecule has 0 saturated heterocycles. The van der Waals surface area contributed by atoms with Gasteiger partial charge in [0.05, 0.1) is 10.7 Å². The lowest BCUT2D eigenvalue weighted by Gasteiger charge is -2.26. The summed E-state index contributed by atoms with van der Waals surface area (Å²) < 4.78 is 0. The normalized spacial score (nSPS) is 22.8. The number of thiazole rings is 1. The molecule has 0 bridgehead atoms. The highest BCUT2D eigenvalue weighted by Gasteiger charge is 2.25. The maximum absolute atomic E-state index is 10.8. The van der Waals surface area contributed by atoms with Crippen LogP contribution in [0.25, 0.3) is 11.3 Å². The van der Waals surface area contributed by atoms with E-state index in [1.54, 1.807) is 11.3 Å². The van der Waals surface area contributed by atoms with Crippen molar-refractivity contribution in [2.75, 3.05) is 20.1 Å². The molecule has 0 unspecified atom stereocenters. The number of aromatic nitrogens is 1. The fourth-order valence-electron chi connectivity index (χ4n) is 4.71. The predicted octanol–water partition coefficient (Wildman–Crippen LogP) is 4.68. The Morgan fingerprint density at radius 2 is 1.86 bits per heavy atom. The average Bonchev–Trinajstić information content (AvgIpc) is 3.12. The molecule has 1 aliphatic carbocycles. The molecule has 4 rings (SSSR count). The number of aliphatic carboxylic acids is 1. The molecule has 156 valence electrons. The summed E-state index contributed by atoms with van der Waals surface area (Å²) in [6.45, 7) is 2.08. The van der Waals surface area contributed by atoms with Crippen molar-refractivity contribution in [2.45, 2.75) is 57.3 Å². The molecule has 2 N–H and O–H groups in total. The van der Waals surface area contributed by atoms with Crippen molar-refractivity contribution in [3.05, 3.63) is 33.6 Å². The Morgan fingerprint density at radius 3 is 2.55 bits per heavy atom. The van der Waals surface area contributed by atoms with E-state index in [9.17, 15) is 9.90 Å². The molecule has 6 heteroatoms. The van der Waals surface area contributed by atoms with Crippen LogP contribution in [-0.4, -0.2) is 46.2 Å². The smallest absolute Gasteiger partial charge is 0.303 e. The second kappa shape index (κ2) is 8.84. The van der Waals surface area contributed by atoms with E-state index in [-0.39, 0.29) is 6.42 Å². The Hall–Kier alpha value is -1.92. The van der Waals surface area contributed by atoms with Crippen LogP contribution in [-0.2, 0) is 17.6 Å². The summed E-state index contributed by atoms with van der Waals surface area (Å²) in [5, 5.41) is 22.8. The summed E-state index contributed by atoms with van der Waals surface area (Å²) in [6, 6.07) is 4.09. The molecule has 1 fully saturated rings. The van der Waals surface area contributed by atoms with Crippen molar-refractivity contribution in [3.8, 4) is 17.0 Å². The van der Waals surface area contributed by atoms with Gasteiger partial charge in [0.25, 0.3) is 0 Å². The molecule has 1 aromatic heterocycles. The standard InChI is InChI=1S/C23H30N2O3S/c1-25-10-8-17-12-19(21(26)13-18(17)9-11-25)20-14-29-23(24-20)16-5-2-15(3-6-16)4-7-22(27)28/h12-16,26H,2-11H2,1H3,(H,27,28)/t15-,16-. The SMILES string of the molecule is CN1CCc2cc(O)c(-c3csc([C@H]4CC[C@H](CCC(=O)O)CC4)n3)cc2CC1. The summed E-state index contributed by atoms with van der Waals surface area (Å²) in [5.74, 6) is 0.645. The van der Waals surface area contributed by atoms with Gasteiger partial charge in [0, 0.05) is 36.4 Å². The van der Waals surface area contributed by atoms with Crippen molar-refractivity contribution >= 4 is 17.3 Å². The Labute approximate surface area is 176 Å². The van der Waals surface area contributed by atoms with Gasteiger partial charge in [-0.2, -0.15) is 0 Å². The lowest BCUT2D eigenvalue weighted by Crippen LogP contribution is -2.20. The molecule has 0 atom stereocenters. The van der Waals surface area contributed by atoms with Gasteiger partial charge < -0.3 is 15.1 Å². The van der Waals surface area contributed by atoms with Crippen LogP contribution < -0.4 is 0 Å². The minimum atomic E-state index is -0.691. The lowest BCUT2D eigenvalue weighted by atomic mass is 9.80. The molecule has 0 spiro atoms. The first-order valence-corrected chi connectivity index (χ1v) is 11.6. The molecule has 29 heavy (non-hydrogen) atoms. The number of phenolic OH excluding ortho intramolecular Hbond substituents is 1. The van der Waals surface area contributed by atoms with Gasteiger partial charge in [-0.25, -0.2) is 4.98 Å². The zero-order valence-corrected chi connectivity index (χ0v) is 17.9. The first-order chi connectivity index (χ1) is 14.0. The highest BCUT2D eigenvalue weighted by Crippen LogP contribution is 2.41. The van der Waals surface area contributed by atoms with E-state index in [2.05, 4.69) is 23.4 Å². The number of aromatic hydroxyl groups is 1. The van der Waals surface area contributed by atoms with Crippen LogP contribution in [0.5, 0.6) is 5.75 Å². The van der Waals surface area contributed by atoms with Gasteiger partial charge in [0.2, 0.25) is 0 Å². The number of phenols is 1. The average molecular weight is 415 g/mol. The largest absolute Gasteiger partial charge is 0.507 e. The summed E-state index contributed by atoms with van der Waals surface area (Å²) in [5.41, 5.74) is 4.32. The van der Waals surface area contributed by atoms with E-state index >= 15 is 0 Å². The van der Waals surface area contributed by atoms with Gasteiger partial charge in [-0.05, 0) is 81.2 Å². The molecule has 2 aromatic rings. The van der Waals surface area contributed by atoms with Gasteiger partial charge in [-0.3, -0.25) is 4.79 Å². The summed E-state index contributed by atoms with van der Waals surface area (Å²) in [6.07, 6.45) is 7.41. The van der Waals surface area contributed by atoms with Gasteiger partial charge in [-0.15, -0.1) is 11.3 Å². The summed E-state index contributed by atoms with van der Waals surface area (Å²) >= 11 is 1.70. The number of benzene rings is 1. The van der Waals surface area contributed by atoms with Gasteiger partial charge in [-0.1, -0.05) is 0 Å². The number of hydrogen-bond donors (Lipinski definition) is 2. The fraction of sp³-hybridized carbons (Fsp3) is 0.565. The van der Waals surface area contributed by atoms with Crippen LogP contribution in [0.15, 0.2) is 17.5 Å². The van der Waals surface area contributed by atoms with Crippen LogP contribution in [0, 0.1) is 5.92 Å². The number of hydrogen-bond acceptors (Lipinski definition) is 5. The van der Waals surface area contributed by atoms with Gasteiger partial charge in [0.15, 0.2) is 0 Å². The highest BCUT2D eigenvalue weighted by atomic mass is 32.1. The molecule has 0 radical (unpaired) electrons. The van der Waals surface area contributed by atoms with E-state index in [4.69, 9.17) is 10.1 Å². The number of likely N-dealkylation sites (N-methyl/N-ethyl adjacent to an activating group) is 1. The van der Waals surface area contributed by atoms with E-state index in [0.717, 1.165) is 74.3 Å². The van der Waals surface area contributed by atoms with Crippen molar-refractivity contribution < 1.29 is 15.0 Å². The number of fused-ring (bicyclic) bond motifs is 1. The summed E-state index contributed by atoms with van der Waals surface area (Å²) in [4.78, 5) is 18.0. The summed E-state index contributed by atoms with van der Waals surface area (Å²) in [7, 11) is 2.15. The Balaban J connectivity index is 1.45. The van der Waals surface area contributed by atoms with E-state index < -0.39 is 5.97 Å². The third kappa shape index (κ3) is 4.81. The minimum Gasteiger partial charge on any atom is -0.507 e. The third-order valence-electron chi connectivity index (χ3n) is 6.60.